The predicted octanol–water partition coefficient (Wildman–Crippen LogP) is 1.83. The summed E-state index contributed by atoms with van der Waals surface area (Å²) in [6.07, 6.45) is -4.97. The van der Waals surface area contributed by atoms with Gasteiger partial charge in [-0.2, -0.15) is 18.4 Å². The highest BCUT2D eigenvalue weighted by Gasteiger charge is 2.36. The van der Waals surface area contributed by atoms with E-state index in [1.807, 2.05) is 0 Å². The van der Waals surface area contributed by atoms with Crippen molar-refractivity contribution in [2.75, 3.05) is 5.73 Å². The fourth-order valence-electron chi connectivity index (χ4n) is 1.30. The van der Waals surface area contributed by atoms with Gasteiger partial charge in [-0.3, -0.25) is 0 Å². The van der Waals surface area contributed by atoms with Gasteiger partial charge in [0, 0.05) is 5.69 Å². The molecule has 1 aromatic rings. The minimum absolute atomic E-state index is 0.0520. The monoisotopic (exact) mass is 210 g/mol. The van der Waals surface area contributed by atoms with Gasteiger partial charge >= 0.3 is 6.18 Å². The maximum Gasteiger partial charge on any atom is 0.417 e. The maximum absolute atomic E-state index is 12.6. The molecule has 1 rings (SSSR count). The number of rotatable bonds is 1. The van der Waals surface area contributed by atoms with Crippen LogP contribution in [0.5, 0.6) is 0 Å². The Kier molecular flexibility index (Phi) is 2.94. The van der Waals surface area contributed by atoms with Crippen LogP contribution in [0.25, 0.3) is 0 Å². The van der Waals surface area contributed by atoms with Crippen molar-refractivity contribution in [1.29, 1.82) is 5.26 Å². The zero-order chi connectivity index (χ0) is 11.6. The standard InChI is InChI=1S/C9H6BF3N2/c10-3-6-7(15)2-1-5(4-14)8(6)9(11,12)13/h1-2H,3,15H2. The SMILES string of the molecule is [B]Cc1c(N)ccc(C#N)c1C(F)(F)F. The highest BCUT2D eigenvalue weighted by molar-refractivity contribution is 6.09. The first-order chi connectivity index (χ1) is 6.91. The molecule has 0 saturated carbocycles. The minimum Gasteiger partial charge on any atom is -0.399 e. The summed E-state index contributed by atoms with van der Waals surface area (Å²) in [6, 6.07) is 3.76. The topological polar surface area (TPSA) is 49.8 Å². The molecule has 15 heavy (non-hydrogen) atoms. The number of halogens is 3. The van der Waals surface area contributed by atoms with E-state index in [0.717, 1.165) is 6.07 Å². The first-order valence-electron chi connectivity index (χ1n) is 4.00. The van der Waals surface area contributed by atoms with Crippen molar-refractivity contribution in [1.82, 2.24) is 0 Å². The van der Waals surface area contributed by atoms with Crippen molar-refractivity contribution in [3.8, 4) is 6.07 Å². The van der Waals surface area contributed by atoms with Crippen LogP contribution < -0.4 is 5.73 Å². The molecule has 0 aliphatic rings. The summed E-state index contributed by atoms with van der Waals surface area (Å²) in [6.45, 7) is 0. The minimum atomic E-state index is -4.62. The van der Waals surface area contributed by atoms with Crippen LogP contribution in [0.1, 0.15) is 16.7 Å². The lowest BCUT2D eigenvalue weighted by molar-refractivity contribution is -0.138. The van der Waals surface area contributed by atoms with Crippen molar-refractivity contribution < 1.29 is 13.2 Å². The third-order valence-electron chi connectivity index (χ3n) is 1.96. The van der Waals surface area contributed by atoms with Crippen LogP contribution in [0.15, 0.2) is 12.1 Å². The quantitative estimate of drug-likeness (QED) is 0.567. The van der Waals surface area contributed by atoms with Gasteiger partial charge in [0.15, 0.2) is 0 Å². The van der Waals surface area contributed by atoms with E-state index in [9.17, 15) is 13.2 Å². The maximum atomic E-state index is 12.6. The lowest BCUT2D eigenvalue weighted by Gasteiger charge is -2.15. The van der Waals surface area contributed by atoms with Crippen LogP contribution in [-0.4, -0.2) is 7.85 Å². The van der Waals surface area contributed by atoms with E-state index in [0.29, 0.717) is 0 Å². The third-order valence-corrected chi connectivity index (χ3v) is 1.96. The van der Waals surface area contributed by atoms with E-state index in [2.05, 4.69) is 0 Å². The molecule has 2 N–H and O–H groups in total. The van der Waals surface area contributed by atoms with Crippen molar-refractivity contribution in [3.63, 3.8) is 0 Å². The molecule has 2 nitrogen and oxygen atoms in total. The Morgan fingerprint density at radius 2 is 2.00 bits per heavy atom. The summed E-state index contributed by atoms with van der Waals surface area (Å²) in [7, 11) is 5.18. The molecule has 1 aromatic carbocycles. The molecule has 0 amide bonds. The van der Waals surface area contributed by atoms with Crippen molar-refractivity contribution in [2.24, 2.45) is 0 Å². The summed E-state index contributed by atoms with van der Waals surface area (Å²) in [4.78, 5) is 0. The van der Waals surface area contributed by atoms with Crippen LogP contribution in [0.3, 0.4) is 0 Å². The normalized spacial score (nSPS) is 11.1. The summed E-state index contributed by atoms with van der Waals surface area (Å²) in [5.41, 5.74) is 3.58. The van der Waals surface area contributed by atoms with Gasteiger partial charge in [0.2, 0.25) is 0 Å². The Morgan fingerprint density at radius 3 is 2.40 bits per heavy atom. The molecule has 0 aliphatic carbocycles. The number of nitrogens with two attached hydrogens (primary N) is 1. The average molecular weight is 210 g/mol. The van der Waals surface area contributed by atoms with E-state index in [-0.39, 0.29) is 17.6 Å². The van der Waals surface area contributed by atoms with Crippen LogP contribution in [0.2, 0.25) is 0 Å². The fourth-order valence-corrected chi connectivity index (χ4v) is 1.30. The zero-order valence-corrected chi connectivity index (χ0v) is 7.60. The van der Waals surface area contributed by atoms with E-state index in [1.165, 1.54) is 12.1 Å². The van der Waals surface area contributed by atoms with E-state index in [1.54, 1.807) is 0 Å². The molecule has 0 aromatic heterocycles. The molecule has 0 aliphatic heterocycles. The summed E-state index contributed by atoms with van der Waals surface area (Å²) in [5.74, 6) is 0. The molecule has 0 atom stereocenters. The average Bonchev–Trinajstić information content (AvgIpc) is 2.15. The molecule has 0 heterocycles. The molecule has 0 unspecified atom stereocenters. The van der Waals surface area contributed by atoms with E-state index < -0.39 is 17.3 Å². The summed E-state index contributed by atoms with van der Waals surface area (Å²) in [5, 5.41) is 8.56. The second-order valence-electron chi connectivity index (χ2n) is 2.87. The number of nitrogen functional groups attached to an aromatic ring is 1. The number of nitriles is 1. The number of benzene rings is 1. The zero-order valence-electron chi connectivity index (χ0n) is 7.60. The Hall–Kier alpha value is -1.64. The number of nitrogens with zero attached hydrogens (tertiary/aromatic N) is 1. The highest BCUT2D eigenvalue weighted by atomic mass is 19.4. The van der Waals surface area contributed by atoms with Crippen LogP contribution >= 0.6 is 0 Å². The van der Waals surface area contributed by atoms with Gasteiger partial charge in [0.05, 0.1) is 25.0 Å². The smallest absolute Gasteiger partial charge is 0.399 e. The molecule has 0 fully saturated rings. The van der Waals surface area contributed by atoms with Gasteiger partial charge in [-0.25, -0.2) is 0 Å². The lowest BCUT2D eigenvalue weighted by atomic mass is 9.89. The molecule has 0 saturated heterocycles. The van der Waals surface area contributed by atoms with Crippen molar-refractivity contribution >= 4 is 13.5 Å². The van der Waals surface area contributed by atoms with Gasteiger partial charge in [0.25, 0.3) is 0 Å². The van der Waals surface area contributed by atoms with Crippen LogP contribution in [-0.2, 0) is 12.5 Å². The number of alkyl halides is 3. The van der Waals surface area contributed by atoms with Crippen LogP contribution in [0.4, 0.5) is 18.9 Å². The first kappa shape index (κ1) is 11.4. The van der Waals surface area contributed by atoms with E-state index >= 15 is 0 Å². The largest absolute Gasteiger partial charge is 0.417 e. The Bertz CT molecular complexity index is 421. The number of anilines is 1. The van der Waals surface area contributed by atoms with Gasteiger partial charge in [0.1, 0.15) is 0 Å². The summed E-state index contributed by atoms with van der Waals surface area (Å²) < 4.78 is 37.8. The van der Waals surface area contributed by atoms with Crippen LogP contribution in [0, 0.1) is 11.3 Å². The molecule has 76 valence electrons. The molecule has 2 radical (unpaired) electrons. The van der Waals surface area contributed by atoms with Gasteiger partial charge in [-0.1, -0.05) is 6.32 Å². The Labute approximate surface area is 85.9 Å². The molecule has 0 spiro atoms. The molecular weight excluding hydrogens is 204 g/mol. The van der Waals surface area contributed by atoms with Gasteiger partial charge in [-0.05, 0) is 17.7 Å². The van der Waals surface area contributed by atoms with Crippen molar-refractivity contribution in [3.05, 3.63) is 28.8 Å². The highest BCUT2D eigenvalue weighted by Crippen LogP contribution is 2.36. The van der Waals surface area contributed by atoms with E-state index in [4.69, 9.17) is 18.8 Å². The lowest BCUT2D eigenvalue weighted by Crippen LogP contribution is -2.14. The Morgan fingerprint density at radius 1 is 1.40 bits per heavy atom. The van der Waals surface area contributed by atoms with Gasteiger partial charge in [-0.15, -0.1) is 0 Å². The second kappa shape index (κ2) is 3.85. The third kappa shape index (κ3) is 2.06. The predicted molar refractivity (Wildman–Crippen MR) is 50.0 cm³/mol. The second-order valence-corrected chi connectivity index (χ2v) is 2.87. The molecular formula is C9H6BF3N2. The van der Waals surface area contributed by atoms with Gasteiger partial charge < -0.3 is 5.73 Å². The van der Waals surface area contributed by atoms with Crippen molar-refractivity contribution in [2.45, 2.75) is 12.5 Å². The number of hydrogen-bond donors (Lipinski definition) is 1. The Balaban J connectivity index is 3.57. The summed E-state index contributed by atoms with van der Waals surface area (Å²) >= 11 is 0. The fraction of sp³-hybridized carbons (Fsp3) is 0.222. The first-order valence-corrected chi connectivity index (χ1v) is 4.00. The number of hydrogen-bond acceptors (Lipinski definition) is 2. The molecule has 0 bridgehead atoms. The molecule has 6 heteroatoms.